The minimum Gasteiger partial charge on any atom is -0.126 e. The molecule has 0 nitrogen and oxygen atoms in total. The predicted molar refractivity (Wildman–Crippen MR) is 123 cm³/mol. The molecule has 0 bridgehead atoms. The van der Waals surface area contributed by atoms with Crippen LogP contribution in [0.1, 0.15) is 68.2 Å². The zero-order valence-corrected chi connectivity index (χ0v) is 18.4. The Balaban J connectivity index is 1.53. The van der Waals surface area contributed by atoms with Crippen LogP contribution in [0.5, 0.6) is 0 Å². The molecule has 0 fully saturated rings. The van der Waals surface area contributed by atoms with E-state index in [1.807, 2.05) is 11.8 Å². The monoisotopic (exact) mass is 388 g/mol. The molecule has 0 aromatic heterocycles. The SMILES string of the molecule is CCSc1ccc(CC2CCc3c(CC4=C(C)CCC=C4C)cccc32)cc1. The van der Waals surface area contributed by atoms with Crippen LogP contribution in [0, 0.1) is 0 Å². The quantitative estimate of drug-likeness (QED) is 0.457. The van der Waals surface area contributed by atoms with Crippen molar-refractivity contribution in [3.05, 3.63) is 87.5 Å². The first kappa shape index (κ1) is 19.6. The van der Waals surface area contributed by atoms with Gasteiger partial charge in [-0.25, -0.2) is 0 Å². The molecule has 2 aromatic rings. The minimum atomic E-state index is 0.678. The summed E-state index contributed by atoms with van der Waals surface area (Å²) >= 11 is 1.93. The highest BCUT2D eigenvalue weighted by Crippen LogP contribution is 2.39. The van der Waals surface area contributed by atoms with Crippen molar-refractivity contribution in [3.63, 3.8) is 0 Å². The second-order valence-electron chi connectivity index (χ2n) is 8.36. The Hall–Kier alpha value is -1.73. The molecule has 1 heteroatoms. The largest absolute Gasteiger partial charge is 0.126 e. The second kappa shape index (κ2) is 8.74. The van der Waals surface area contributed by atoms with E-state index < -0.39 is 0 Å². The molecule has 0 N–H and O–H groups in total. The van der Waals surface area contributed by atoms with Gasteiger partial charge in [-0.05, 0) is 104 Å². The van der Waals surface area contributed by atoms with E-state index in [1.165, 1.54) is 48.1 Å². The average Bonchev–Trinajstić information content (AvgIpc) is 3.10. The molecule has 2 aliphatic rings. The van der Waals surface area contributed by atoms with Gasteiger partial charge in [0.2, 0.25) is 0 Å². The third-order valence-electron chi connectivity index (χ3n) is 6.54. The fourth-order valence-corrected chi connectivity index (χ4v) is 5.63. The minimum absolute atomic E-state index is 0.678. The van der Waals surface area contributed by atoms with Crippen molar-refractivity contribution in [1.82, 2.24) is 0 Å². The Morgan fingerprint density at radius 2 is 1.82 bits per heavy atom. The predicted octanol–water partition coefficient (Wildman–Crippen LogP) is 7.67. The number of benzene rings is 2. The van der Waals surface area contributed by atoms with Gasteiger partial charge < -0.3 is 0 Å². The van der Waals surface area contributed by atoms with E-state index in [0.29, 0.717) is 5.92 Å². The van der Waals surface area contributed by atoms with E-state index in [4.69, 9.17) is 0 Å². The molecule has 0 aliphatic heterocycles. The molecule has 0 saturated carbocycles. The molecule has 146 valence electrons. The van der Waals surface area contributed by atoms with Crippen LogP contribution >= 0.6 is 11.8 Å². The van der Waals surface area contributed by atoms with Crippen LogP contribution in [0.15, 0.2) is 70.2 Å². The Kier molecular flexibility index (Phi) is 6.11. The topological polar surface area (TPSA) is 0 Å². The summed E-state index contributed by atoms with van der Waals surface area (Å²) in [5, 5.41) is 0. The Bertz CT molecular complexity index is 898. The molecular formula is C27H32S. The Morgan fingerprint density at radius 1 is 1.00 bits per heavy atom. The van der Waals surface area contributed by atoms with Gasteiger partial charge in [-0.1, -0.05) is 54.5 Å². The fraction of sp³-hybridized carbons (Fsp3) is 0.407. The summed E-state index contributed by atoms with van der Waals surface area (Å²) in [5.41, 5.74) is 11.0. The maximum absolute atomic E-state index is 2.43. The van der Waals surface area contributed by atoms with Gasteiger partial charge in [-0.3, -0.25) is 0 Å². The van der Waals surface area contributed by atoms with Gasteiger partial charge in [-0.2, -0.15) is 0 Å². The standard InChI is InChI=1S/C27H32S/c1-4-28-24-14-11-21(12-15-24)17-23-13-16-26-22(9-6-10-25(23)26)18-27-19(2)7-5-8-20(27)3/h6-7,9-12,14-15,23H,4-5,8,13,16-18H2,1-3H3. The van der Waals surface area contributed by atoms with Gasteiger partial charge in [0.1, 0.15) is 0 Å². The average molecular weight is 389 g/mol. The van der Waals surface area contributed by atoms with Crippen molar-refractivity contribution in [1.29, 1.82) is 0 Å². The van der Waals surface area contributed by atoms with Crippen molar-refractivity contribution in [2.24, 2.45) is 0 Å². The lowest BCUT2D eigenvalue weighted by molar-refractivity contribution is 0.674. The van der Waals surface area contributed by atoms with Crippen molar-refractivity contribution in [3.8, 4) is 0 Å². The molecule has 0 heterocycles. The third kappa shape index (κ3) is 4.15. The van der Waals surface area contributed by atoms with E-state index >= 15 is 0 Å². The molecule has 2 aromatic carbocycles. The number of hydrogen-bond donors (Lipinski definition) is 0. The fourth-order valence-electron chi connectivity index (χ4n) is 4.96. The third-order valence-corrected chi connectivity index (χ3v) is 7.43. The van der Waals surface area contributed by atoms with E-state index in [0.717, 1.165) is 12.2 Å². The van der Waals surface area contributed by atoms with E-state index in [2.05, 4.69) is 69.3 Å². The molecule has 4 rings (SSSR count). The Morgan fingerprint density at radius 3 is 2.57 bits per heavy atom. The van der Waals surface area contributed by atoms with Crippen molar-refractivity contribution < 1.29 is 0 Å². The van der Waals surface area contributed by atoms with E-state index in [9.17, 15) is 0 Å². The summed E-state index contributed by atoms with van der Waals surface area (Å²) in [4.78, 5) is 1.39. The van der Waals surface area contributed by atoms with Crippen LogP contribution in [0.25, 0.3) is 0 Å². The first-order valence-corrected chi connectivity index (χ1v) is 11.8. The lowest BCUT2D eigenvalue weighted by Gasteiger charge is -2.19. The second-order valence-corrected chi connectivity index (χ2v) is 9.70. The van der Waals surface area contributed by atoms with Crippen molar-refractivity contribution >= 4 is 11.8 Å². The number of fused-ring (bicyclic) bond motifs is 1. The van der Waals surface area contributed by atoms with Gasteiger partial charge in [0.05, 0.1) is 0 Å². The van der Waals surface area contributed by atoms with Crippen LogP contribution in [0.2, 0.25) is 0 Å². The molecule has 0 saturated heterocycles. The van der Waals surface area contributed by atoms with Gasteiger partial charge in [0.25, 0.3) is 0 Å². The summed E-state index contributed by atoms with van der Waals surface area (Å²) in [6.45, 7) is 6.84. The number of rotatable bonds is 6. The smallest absolute Gasteiger partial charge is 0.00720 e. The van der Waals surface area contributed by atoms with Crippen LogP contribution in [-0.2, 0) is 19.3 Å². The maximum atomic E-state index is 2.43. The van der Waals surface area contributed by atoms with Crippen LogP contribution < -0.4 is 0 Å². The van der Waals surface area contributed by atoms with Crippen LogP contribution in [0.3, 0.4) is 0 Å². The molecular weight excluding hydrogens is 356 g/mol. The first-order chi connectivity index (χ1) is 13.7. The summed E-state index contributed by atoms with van der Waals surface area (Å²) in [7, 11) is 0. The lowest BCUT2D eigenvalue weighted by Crippen LogP contribution is -2.04. The lowest BCUT2D eigenvalue weighted by atomic mass is 9.86. The molecule has 1 atom stereocenters. The van der Waals surface area contributed by atoms with E-state index in [-0.39, 0.29) is 0 Å². The highest BCUT2D eigenvalue weighted by Gasteiger charge is 2.25. The van der Waals surface area contributed by atoms with E-state index in [1.54, 1.807) is 27.8 Å². The summed E-state index contributed by atoms with van der Waals surface area (Å²) < 4.78 is 0. The molecule has 0 amide bonds. The Labute approximate surface area is 175 Å². The summed E-state index contributed by atoms with van der Waals surface area (Å²) in [6.07, 6.45) is 9.71. The molecule has 2 aliphatic carbocycles. The molecule has 28 heavy (non-hydrogen) atoms. The highest BCUT2D eigenvalue weighted by atomic mass is 32.2. The molecule has 0 radical (unpaired) electrons. The van der Waals surface area contributed by atoms with Gasteiger partial charge >= 0.3 is 0 Å². The number of thioether (sulfide) groups is 1. The molecule has 0 spiro atoms. The summed E-state index contributed by atoms with van der Waals surface area (Å²) in [5.74, 6) is 1.82. The molecule has 1 unspecified atom stereocenters. The van der Waals surface area contributed by atoms with Gasteiger partial charge in [0.15, 0.2) is 0 Å². The van der Waals surface area contributed by atoms with Crippen LogP contribution in [-0.4, -0.2) is 5.75 Å². The van der Waals surface area contributed by atoms with Crippen LogP contribution in [0.4, 0.5) is 0 Å². The van der Waals surface area contributed by atoms with Gasteiger partial charge in [-0.15, -0.1) is 11.8 Å². The number of hydrogen-bond acceptors (Lipinski definition) is 1. The zero-order valence-electron chi connectivity index (χ0n) is 17.6. The van der Waals surface area contributed by atoms with Crippen molar-refractivity contribution in [2.75, 3.05) is 5.75 Å². The normalized spacial score (nSPS) is 19.0. The van der Waals surface area contributed by atoms with Gasteiger partial charge in [0, 0.05) is 4.90 Å². The zero-order chi connectivity index (χ0) is 19.5. The summed E-state index contributed by atoms with van der Waals surface area (Å²) in [6, 6.07) is 16.3. The van der Waals surface area contributed by atoms with Crippen molar-refractivity contribution in [2.45, 2.75) is 70.1 Å². The first-order valence-electron chi connectivity index (χ1n) is 10.8. The maximum Gasteiger partial charge on any atom is 0.00720 e. The number of allylic oxidation sites excluding steroid dienone is 4. The highest BCUT2D eigenvalue weighted by molar-refractivity contribution is 7.99.